The molecule has 2 nitrogen and oxygen atoms in total. The largest absolute Gasteiger partial charge is 0.389 e. The summed E-state index contributed by atoms with van der Waals surface area (Å²) in [5.41, 5.74) is 2.30. The van der Waals surface area contributed by atoms with Crippen LogP contribution < -0.4 is 4.90 Å². The molecule has 0 radical (unpaired) electrons. The molecule has 1 saturated heterocycles. The molecule has 1 unspecified atom stereocenters. The predicted molar refractivity (Wildman–Crippen MR) is 87.1 cm³/mol. The molecular weight excluding hydrogens is 314 g/mol. The van der Waals surface area contributed by atoms with Gasteiger partial charge in [-0.05, 0) is 72.2 Å². The summed E-state index contributed by atoms with van der Waals surface area (Å²) >= 11 is 3.71. The lowest BCUT2D eigenvalue weighted by atomic mass is 9.78. The zero-order chi connectivity index (χ0) is 14.1. The summed E-state index contributed by atoms with van der Waals surface area (Å²) in [4.78, 5) is 2.61. The molecule has 0 spiro atoms. The Morgan fingerprint density at radius 1 is 1.20 bits per heavy atom. The minimum Gasteiger partial charge on any atom is -0.389 e. The van der Waals surface area contributed by atoms with Crippen molar-refractivity contribution in [2.75, 3.05) is 11.4 Å². The first-order valence-corrected chi connectivity index (χ1v) is 8.70. The highest BCUT2D eigenvalue weighted by Crippen LogP contribution is 2.40. The second-order valence-corrected chi connectivity index (χ2v) is 7.19. The van der Waals surface area contributed by atoms with Crippen LogP contribution in [-0.4, -0.2) is 17.7 Å². The van der Waals surface area contributed by atoms with Crippen molar-refractivity contribution in [3.63, 3.8) is 0 Å². The van der Waals surface area contributed by atoms with E-state index < -0.39 is 6.10 Å². The van der Waals surface area contributed by atoms with Gasteiger partial charge in [-0.3, -0.25) is 0 Å². The predicted octanol–water partition coefficient (Wildman–Crippen LogP) is 4.66. The molecule has 1 N–H and O–H groups in total. The Balaban J connectivity index is 1.87. The number of hydrogen-bond donors (Lipinski definition) is 1. The van der Waals surface area contributed by atoms with E-state index >= 15 is 0 Å². The molecule has 0 aromatic heterocycles. The molecule has 1 heterocycles. The van der Waals surface area contributed by atoms with Gasteiger partial charge in [0.2, 0.25) is 0 Å². The molecule has 1 aromatic rings. The highest BCUT2D eigenvalue weighted by Gasteiger charge is 2.33. The molecule has 0 amide bonds. The number of benzene rings is 1. The Kier molecular flexibility index (Phi) is 4.37. The molecule has 20 heavy (non-hydrogen) atoms. The summed E-state index contributed by atoms with van der Waals surface area (Å²) in [6.07, 6.45) is 7.86. The second kappa shape index (κ2) is 6.07. The number of piperidine rings is 1. The SMILES string of the molecule is CC(O)c1ccc(N2CCC[C@H]3CCCC[C@H]32)c(Br)c1. The van der Waals surface area contributed by atoms with Crippen LogP contribution in [0.2, 0.25) is 0 Å². The van der Waals surface area contributed by atoms with E-state index in [2.05, 4.69) is 39.0 Å². The maximum atomic E-state index is 9.70. The fourth-order valence-corrected chi connectivity index (χ4v) is 4.56. The molecular formula is C17H24BrNO. The van der Waals surface area contributed by atoms with E-state index in [9.17, 15) is 5.11 Å². The van der Waals surface area contributed by atoms with Crippen molar-refractivity contribution in [2.45, 2.75) is 57.6 Å². The maximum Gasteiger partial charge on any atom is 0.0762 e. The molecule has 3 atom stereocenters. The van der Waals surface area contributed by atoms with Gasteiger partial charge in [0.15, 0.2) is 0 Å². The van der Waals surface area contributed by atoms with Gasteiger partial charge in [-0.15, -0.1) is 0 Å². The number of aliphatic hydroxyl groups excluding tert-OH is 1. The van der Waals surface area contributed by atoms with Crippen LogP contribution in [0.3, 0.4) is 0 Å². The standard InChI is InChI=1S/C17H24BrNO/c1-12(20)14-8-9-17(15(18)11-14)19-10-4-6-13-5-2-3-7-16(13)19/h8-9,11-13,16,20H,2-7,10H2,1H3/t12?,13-,16-/m1/s1. The lowest BCUT2D eigenvalue weighted by Crippen LogP contribution is -2.47. The third-order valence-electron chi connectivity index (χ3n) is 5.01. The first-order chi connectivity index (χ1) is 9.66. The monoisotopic (exact) mass is 337 g/mol. The molecule has 3 heteroatoms. The van der Waals surface area contributed by atoms with Crippen molar-refractivity contribution in [3.05, 3.63) is 28.2 Å². The summed E-state index contributed by atoms with van der Waals surface area (Å²) in [6.45, 7) is 2.99. The van der Waals surface area contributed by atoms with Gasteiger partial charge in [0.25, 0.3) is 0 Å². The Hall–Kier alpha value is -0.540. The molecule has 1 saturated carbocycles. The molecule has 110 valence electrons. The van der Waals surface area contributed by atoms with E-state index in [1.807, 2.05) is 6.92 Å². The molecule has 0 bridgehead atoms. The quantitative estimate of drug-likeness (QED) is 0.848. The fourth-order valence-electron chi connectivity index (χ4n) is 3.94. The minimum absolute atomic E-state index is 0.399. The van der Waals surface area contributed by atoms with Gasteiger partial charge in [-0.25, -0.2) is 0 Å². The van der Waals surface area contributed by atoms with Crippen LogP contribution in [0.1, 0.15) is 57.1 Å². The minimum atomic E-state index is -0.399. The van der Waals surface area contributed by atoms with Crippen LogP contribution in [0.5, 0.6) is 0 Å². The summed E-state index contributed by atoms with van der Waals surface area (Å²) < 4.78 is 1.13. The lowest BCUT2D eigenvalue weighted by molar-refractivity contribution is 0.199. The highest BCUT2D eigenvalue weighted by molar-refractivity contribution is 9.10. The fraction of sp³-hybridized carbons (Fsp3) is 0.647. The van der Waals surface area contributed by atoms with Gasteiger partial charge in [0.1, 0.15) is 0 Å². The normalized spacial score (nSPS) is 28.1. The topological polar surface area (TPSA) is 23.5 Å². The van der Waals surface area contributed by atoms with E-state index in [4.69, 9.17) is 0 Å². The van der Waals surface area contributed by atoms with Crippen LogP contribution in [0.4, 0.5) is 5.69 Å². The Morgan fingerprint density at radius 2 is 1.95 bits per heavy atom. The maximum absolute atomic E-state index is 9.70. The average Bonchev–Trinajstić information content (AvgIpc) is 2.46. The third kappa shape index (κ3) is 2.75. The van der Waals surface area contributed by atoms with E-state index in [1.165, 1.54) is 50.8 Å². The van der Waals surface area contributed by atoms with Crippen LogP contribution in [0, 0.1) is 5.92 Å². The number of rotatable bonds is 2. The van der Waals surface area contributed by atoms with Gasteiger partial charge >= 0.3 is 0 Å². The summed E-state index contributed by atoms with van der Waals surface area (Å²) in [7, 11) is 0. The second-order valence-electron chi connectivity index (χ2n) is 6.33. The number of aliphatic hydroxyl groups is 1. The van der Waals surface area contributed by atoms with Gasteiger partial charge in [0.05, 0.1) is 11.8 Å². The van der Waals surface area contributed by atoms with Crippen LogP contribution in [-0.2, 0) is 0 Å². The van der Waals surface area contributed by atoms with Crippen LogP contribution >= 0.6 is 15.9 Å². The van der Waals surface area contributed by atoms with E-state index in [0.29, 0.717) is 0 Å². The first-order valence-electron chi connectivity index (χ1n) is 7.91. The van der Waals surface area contributed by atoms with Crippen molar-refractivity contribution in [1.29, 1.82) is 0 Å². The van der Waals surface area contributed by atoms with Crippen LogP contribution in [0.25, 0.3) is 0 Å². The smallest absolute Gasteiger partial charge is 0.0762 e. The third-order valence-corrected chi connectivity index (χ3v) is 5.64. The molecule has 2 aliphatic rings. The molecule has 2 fully saturated rings. The van der Waals surface area contributed by atoms with Crippen molar-refractivity contribution in [1.82, 2.24) is 0 Å². The molecule has 3 rings (SSSR count). The van der Waals surface area contributed by atoms with E-state index in [1.54, 1.807) is 0 Å². The zero-order valence-electron chi connectivity index (χ0n) is 12.2. The average molecular weight is 338 g/mol. The summed E-state index contributed by atoms with van der Waals surface area (Å²) in [6, 6.07) is 7.05. The molecule has 1 aliphatic carbocycles. The van der Waals surface area contributed by atoms with Gasteiger partial charge in [-0.2, -0.15) is 0 Å². The van der Waals surface area contributed by atoms with Gasteiger partial charge < -0.3 is 10.0 Å². The zero-order valence-corrected chi connectivity index (χ0v) is 13.8. The van der Waals surface area contributed by atoms with Crippen molar-refractivity contribution >= 4 is 21.6 Å². The van der Waals surface area contributed by atoms with Gasteiger partial charge in [0, 0.05) is 17.1 Å². The van der Waals surface area contributed by atoms with E-state index in [-0.39, 0.29) is 0 Å². The molecule has 1 aliphatic heterocycles. The lowest BCUT2D eigenvalue weighted by Gasteiger charge is -2.45. The number of hydrogen-bond acceptors (Lipinski definition) is 2. The van der Waals surface area contributed by atoms with Crippen LogP contribution in [0.15, 0.2) is 22.7 Å². The van der Waals surface area contributed by atoms with Crippen molar-refractivity contribution in [2.24, 2.45) is 5.92 Å². The number of halogens is 1. The Morgan fingerprint density at radius 3 is 2.70 bits per heavy atom. The number of fused-ring (bicyclic) bond motifs is 1. The first kappa shape index (κ1) is 14.4. The van der Waals surface area contributed by atoms with Crippen molar-refractivity contribution in [3.8, 4) is 0 Å². The van der Waals surface area contributed by atoms with E-state index in [0.717, 1.165) is 22.0 Å². The summed E-state index contributed by atoms with van der Waals surface area (Å²) in [5.74, 6) is 0.890. The Labute approximate surface area is 130 Å². The number of nitrogens with zero attached hydrogens (tertiary/aromatic N) is 1. The molecule has 1 aromatic carbocycles. The van der Waals surface area contributed by atoms with Gasteiger partial charge in [-0.1, -0.05) is 18.9 Å². The summed E-state index contributed by atoms with van der Waals surface area (Å²) in [5, 5.41) is 9.70. The number of anilines is 1. The highest BCUT2D eigenvalue weighted by atomic mass is 79.9. The Bertz CT molecular complexity index is 472. The van der Waals surface area contributed by atoms with Crippen molar-refractivity contribution < 1.29 is 5.11 Å².